The van der Waals surface area contributed by atoms with Crippen LogP contribution >= 0.6 is 0 Å². The summed E-state index contributed by atoms with van der Waals surface area (Å²) in [6.45, 7) is 0. The van der Waals surface area contributed by atoms with E-state index in [1.807, 2.05) is 0 Å². The fraction of sp³-hybridized carbons (Fsp3) is 0.320. The lowest BCUT2D eigenvalue weighted by atomic mass is 9.63. The van der Waals surface area contributed by atoms with Crippen LogP contribution < -0.4 is 15.0 Å². The minimum Gasteiger partial charge on any atom is -0.497 e. The average molecular weight is 414 g/mol. The van der Waals surface area contributed by atoms with Gasteiger partial charge in [0.05, 0.1) is 24.6 Å². The van der Waals surface area contributed by atoms with Crippen LogP contribution in [0.3, 0.4) is 0 Å². The van der Waals surface area contributed by atoms with E-state index in [-0.39, 0.29) is 41.4 Å². The molecule has 156 valence electrons. The van der Waals surface area contributed by atoms with E-state index in [1.54, 1.807) is 55.6 Å². The second-order valence-electron chi connectivity index (χ2n) is 8.90. The highest BCUT2D eigenvalue weighted by Crippen LogP contribution is 2.65. The van der Waals surface area contributed by atoms with E-state index >= 15 is 0 Å². The van der Waals surface area contributed by atoms with E-state index in [9.17, 15) is 14.4 Å². The molecule has 5 aliphatic rings. The number of benzene rings is 2. The number of carbonyl (C=O) groups is 3. The van der Waals surface area contributed by atoms with Crippen LogP contribution in [-0.4, -0.2) is 24.8 Å². The molecule has 0 spiro atoms. The maximum Gasteiger partial charge on any atom is 0.255 e. The Kier molecular flexibility index (Phi) is 3.88. The number of allylic oxidation sites excluding steroid dienone is 2. The van der Waals surface area contributed by atoms with Crippen LogP contribution in [0.1, 0.15) is 16.8 Å². The lowest BCUT2D eigenvalue weighted by Crippen LogP contribution is -2.40. The number of nitrogens with zero attached hydrogens (tertiary/aromatic N) is 1. The number of methoxy groups -OCH3 is 1. The molecule has 6 heteroatoms. The first-order chi connectivity index (χ1) is 15.1. The van der Waals surface area contributed by atoms with E-state index < -0.39 is 0 Å². The molecule has 2 aromatic carbocycles. The zero-order chi connectivity index (χ0) is 21.3. The first-order valence-electron chi connectivity index (χ1n) is 10.7. The van der Waals surface area contributed by atoms with Crippen molar-refractivity contribution in [2.75, 3.05) is 17.3 Å². The highest BCUT2D eigenvalue weighted by molar-refractivity contribution is 6.23. The second kappa shape index (κ2) is 6.54. The number of hydrogen-bond donors (Lipinski definition) is 1. The first kappa shape index (κ1) is 18.4. The van der Waals surface area contributed by atoms with Crippen LogP contribution in [0, 0.1) is 35.5 Å². The zero-order valence-electron chi connectivity index (χ0n) is 17.0. The highest BCUT2D eigenvalue weighted by Gasteiger charge is 2.67. The van der Waals surface area contributed by atoms with Crippen molar-refractivity contribution in [2.45, 2.75) is 6.42 Å². The average Bonchev–Trinajstić information content (AvgIpc) is 3.57. The molecule has 0 radical (unpaired) electrons. The number of ether oxygens (including phenoxy) is 1. The van der Waals surface area contributed by atoms with Crippen molar-refractivity contribution in [3.05, 3.63) is 66.2 Å². The minimum atomic E-state index is -0.300. The highest BCUT2D eigenvalue weighted by atomic mass is 16.5. The first-order valence-corrected chi connectivity index (χ1v) is 10.7. The van der Waals surface area contributed by atoms with Gasteiger partial charge in [-0.2, -0.15) is 0 Å². The molecule has 1 aliphatic heterocycles. The van der Waals surface area contributed by atoms with Crippen LogP contribution in [0.4, 0.5) is 11.4 Å². The van der Waals surface area contributed by atoms with Crippen LogP contribution in [-0.2, 0) is 9.59 Å². The number of imide groups is 1. The van der Waals surface area contributed by atoms with Crippen molar-refractivity contribution in [2.24, 2.45) is 35.5 Å². The molecule has 3 amide bonds. The lowest BCUT2D eigenvalue weighted by molar-refractivity contribution is -0.124. The van der Waals surface area contributed by atoms with Crippen molar-refractivity contribution < 1.29 is 19.1 Å². The van der Waals surface area contributed by atoms with E-state index in [1.165, 1.54) is 4.90 Å². The van der Waals surface area contributed by atoms with Crippen molar-refractivity contribution in [3.63, 3.8) is 0 Å². The molecule has 3 fully saturated rings. The summed E-state index contributed by atoms with van der Waals surface area (Å²) in [5, 5.41) is 2.84. The molecule has 1 N–H and O–H groups in total. The summed E-state index contributed by atoms with van der Waals surface area (Å²) < 4.78 is 5.13. The zero-order valence-corrected chi connectivity index (χ0v) is 17.0. The Hall–Kier alpha value is -3.41. The van der Waals surface area contributed by atoms with Gasteiger partial charge in [0, 0.05) is 11.3 Å². The van der Waals surface area contributed by atoms with Gasteiger partial charge in [-0.05, 0) is 72.6 Å². The maximum absolute atomic E-state index is 13.3. The van der Waals surface area contributed by atoms with Crippen LogP contribution in [0.25, 0.3) is 0 Å². The Morgan fingerprint density at radius 1 is 0.968 bits per heavy atom. The van der Waals surface area contributed by atoms with Gasteiger partial charge in [-0.15, -0.1) is 0 Å². The number of nitrogens with one attached hydrogen (secondary N) is 1. The van der Waals surface area contributed by atoms with E-state index in [4.69, 9.17) is 4.74 Å². The largest absolute Gasteiger partial charge is 0.497 e. The van der Waals surface area contributed by atoms with Crippen molar-refractivity contribution in [3.8, 4) is 5.75 Å². The minimum absolute atomic E-state index is 0.118. The van der Waals surface area contributed by atoms with E-state index in [2.05, 4.69) is 17.5 Å². The molecule has 1 saturated heterocycles. The molecule has 0 unspecified atom stereocenters. The molecule has 0 aromatic heterocycles. The van der Waals surface area contributed by atoms with Gasteiger partial charge in [0.25, 0.3) is 5.91 Å². The SMILES string of the molecule is COc1ccc(NC(=O)c2cccc(N3C(=O)[C@@H]4[C@H]5C=C[C@H]([C@H]6C[C@H]56)[C@@H]4C3=O)c2)cc1. The Morgan fingerprint density at radius 2 is 1.61 bits per heavy atom. The summed E-state index contributed by atoms with van der Waals surface area (Å²) >= 11 is 0. The maximum atomic E-state index is 13.3. The Balaban J connectivity index is 1.26. The molecule has 2 saturated carbocycles. The molecule has 7 rings (SSSR count). The second-order valence-corrected chi connectivity index (χ2v) is 8.90. The fourth-order valence-electron chi connectivity index (χ4n) is 5.88. The molecular weight excluding hydrogens is 392 g/mol. The standard InChI is InChI=1S/C25H22N2O4/c1-31-16-7-5-14(6-8-16)26-23(28)13-3-2-4-15(11-13)27-24(29)21-17-9-10-18(20-12-19(17)20)22(21)25(27)30/h2-11,17-22H,12H2,1H3,(H,26,28)/t17-,18+,19-,20-,21+,22-/m1/s1. The molecule has 6 atom stereocenters. The van der Waals surface area contributed by atoms with Crippen LogP contribution in [0.2, 0.25) is 0 Å². The number of carbonyl (C=O) groups excluding carboxylic acids is 3. The van der Waals surface area contributed by atoms with Crippen LogP contribution in [0.15, 0.2) is 60.7 Å². The molecule has 2 bridgehead atoms. The van der Waals surface area contributed by atoms with E-state index in [0.29, 0.717) is 34.5 Å². The van der Waals surface area contributed by atoms with E-state index in [0.717, 1.165) is 6.42 Å². The summed E-state index contributed by atoms with van der Waals surface area (Å²) in [7, 11) is 1.58. The van der Waals surface area contributed by atoms with Gasteiger partial charge in [0.1, 0.15) is 5.75 Å². The van der Waals surface area contributed by atoms with Crippen molar-refractivity contribution in [1.29, 1.82) is 0 Å². The van der Waals surface area contributed by atoms with Gasteiger partial charge >= 0.3 is 0 Å². The lowest BCUT2D eigenvalue weighted by Gasteiger charge is -2.37. The van der Waals surface area contributed by atoms with Crippen molar-refractivity contribution >= 4 is 29.1 Å². The summed E-state index contributed by atoms with van der Waals surface area (Å²) in [6, 6.07) is 13.8. The van der Waals surface area contributed by atoms with Gasteiger partial charge in [0.2, 0.25) is 11.8 Å². The summed E-state index contributed by atoms with van der Waals surface area (Å²) in [5.41, 5.74) is 1.50. The van der Waals surface area contributed by atoms with Gasteiger partial charge in [0.15, 0.2) is 0 Å². The summed E-state index contributed by atoms with van der Waals surface area (Å²) in [4.78, 5) is 40.7. The summed E-state index contributed by atoms with van der Waals surface area (Å²) in [6.07, 6.45) is 5.46. The van der Waals surface area contributed by atoms with Gasteiger partial charge in [-0.1, -0.05) is 18.2 Å². The molecule has 31 heavy (non-hydrogen) atoms. The predicted octanol–water partition coefficient (Wildman–Crippen LogP) is 3.51. The molecule has 6 nitrogen and oxygen atoms in total. The number of anilines is 2. The van der Waals surface area contributed by atoms with Crippen molar-refractivity contribution in [1.82, 2.24) is 0 Å². The monoisotopic (exact) mass is 414 g/mol. The molecular formula is C25H22N2O4. The fourth-order valence-corrected chi connectivity index (χ4v) is 5.88. The van der Waals surface area contributed by atoms with Gasteiger partial charge < -0.3 is 10.1 Å². The molecule has 1 heterocycles. The third kappa shape index (κ3) is 2.67. The number of hydrogen-bond acceptors (Lipinski definition) is 4. The topological polar surface area (TPSA) is 75.7 Å². The summed E-state index contributed by atoms with van der Waals surface area (Å²) in [5.74, 6) is 1.17. The smallest absolute Gasteiger partial charge is 0.255 e. The number of amides is 3. The van der Waals surface area contributed by atoms with Gasteiger partial charge in [-0.25, -0.2) is 4.90 Å². The molecule has 2 aromatic rings. The Labute approximate surface area is 179 Å². The third-order valence-corrected chi connectivity index (χ3v) is 7.38. The number of rotatable bonds is 4. The quantitative estimate of drug-likeness (QED) is 0.614. The molecule has 4 aliphatic carbocycles. The normalized spacial score (nSPS) is 32.0. The predicted molar refractivity (Wildman–Crippen MR) is 115 cm³/mol. The third-order valence-electron chi connectivity index (χ3n) is 7.38. The van der Waals surface area contributed by atoms with Gasteiger partial charge in [-0.3, -0.25) is 14.4 Å². The van der Waals surface area contributed by atoms with Crippen LogP contribution in [0.5, 0.6) is 5.75 Å². The Morgan fingerprint density at radius 3 is 2.23 bits per heavy atom. The Bertz CT molecular complexity index is 1100.